The molecule has 0 unspecified atom stereocenters. The van der Waals surface area contributed by atoms with E-state index in [0.717, 1.165) is 43.6 Å². The third-order valence-electron chi connectivity index (χ3n) is 5.17. The van der Waals surface area contributed by atoms with E-state index >= 15 is 0 Å². The molecule has 3 aromatic rings. The van der Waals surface area contributed by atoms with E-state index in [4.69, 9.17) is 0 Å². The summed E-state index contributed by atoms with van der Waals surface area (Å²) >= 11 is 0. The molecule has 1 aromatic carbocycles. The number of aromatic amines is 1. The molecular weight excluding hydrogens is 328 g/mol. The molecule has 134 valence electrons. The van der Waals surface area contributed by atoms with Gasteiger partial charge in [-0.3, -0.25) is 24.2 Å². The van der Waals surface area contributed by atoms with Crippen molar-refractivity contribution in [2.24, 2.45) is 0 Å². The number of H-pyrrole nitrogens is 1. The van der Waals surface area contributed by atoms with Crippen molar-refractivity contribution in [3.05, 3.63) is 74.8 Å². The van der Waals surface area contributed by atoms with Crippen molar-refractivity contribution in [1.82, 2.24) is 19.4 Å². The Kier molecular flexibility index (Phi) is 4.42. The minimum Gasteiger partial charge on any atom is -0.297 e. The summed E-state index contributed by atoms with van der Waals surface area (Å²) in [6.07, 6.45) is 5.39. The van der Waals surface area contributed by atoms with Gasteiger partial charge in [0.2, 0.25) is 0 Å². The number of piperidine rings is 1. The molecule has 1 saturated heterocycles. The van der Waals surface area contributed by atoms with Crippen LogP contribution in [0.5, 0.6) is 0 Å². The van der Waals surface area contributed by atoms with Crippen LogP contribution in [0.3, 0.4) is 0 Å². The minimum absolute atomic E-state index is 0.138. The lowest BCUT2D eigenvalue weighted by molar-refractivity contribution is 0.175. The molecule has 1 aliphatic rings. The predicted molar refractivity (Wildman–Crippen MR) is 101 cm³/mol. The Balaban J connectivity index is 1.44. The molecule has 0 saturated carbocycles. The summed E-state index contributed by atoms with van der Waals surface area (Å²) in [5.41, 5.74) is 1.04. The van der Waals surface area contributed by atoms with Crippen LogP contribution in [0, 0.1) is 6.92 Å². The van der Waals surface area contributed by atoms with E-state index in [2.05, 4.69) is 33.1 Å². The Morgan fingerprint density at radius 3 is 2.65 bits per heavy atom. The number of pyridine rings is 1. The van der Waals surface area contributed by atoms with E-state index in [1.807, 2.05) is 18.3 Å². The van der Waals surface area contributed by atoms with Gasteiger partial charge in [0.25, 0.3) is 5.56 Å². The molecule has 0 bridgehead atoms. The second-order valence-corrected chi connectivity index (χ2v) is 7.01. The third kappa shape index (κ3) is 3.32. The van der Waals surface area contributed by atoms with E-state index in [-0.39, 0.29) is 17.3 Å². The number of aryl methyl sites for hydroxylation is 1. The van der Waals surface area contributed by atoms with Gasteiger partial charge in [0, 0.05) is 49.0 Å². The lowest BCUT2D eigenvalue weighted by atomic mass is 10.0. The van der Waals surface area contributed by atoms with Crippen molar-refractivity contribution in [3.63, 3.8) is 0 Å². The number of benzene rings is 1. The van der Waals surface area contributed by atoms with E-state index in [1.54, 1.807) is 17.7 Å². The van der Waals surface area contributed by atoms with Crippen molar-refractivity contribution in [3.8, 4) is 0 Å². The average Bonchev–Trinajstić information content (AvgIpc) is 2.65. The lowest BCUT2D eigenvalue weighted by Gasteiger charge is -2.32. The first-order valence-electron chi connectivity index (χ1n) is 8.98. The zero-order chi connectivity index (χ0) is 18.1. The Morgan fingerprint density at radius 1 is 1.15 bits per heavy atom. The van der Waals surface area contributed by atoms with Crippen LogP contribution in [-0.4, -0.2) is 32.5 Å². The van der Waals surface area contributed by atoms with E-state index in [0.29, 0.717) is 5.56 Å². The predicted octanol–water partition coefficient (Wildman–Crippen LogP) is 2.23. The van der Waals surface area contributed by atoms with Crippen LogP contribution in [-0.2, 0) is 6.54 Å². The van der Waals surface area contributed by atoms with Crippen molar-refractivity contribution >= 4 is 10.8 Å². The van der Waals surface area contributed by atoms with Crippen LogP contribution in [0.4, 0.5) is 0 Å². The van der Waals surface area contributed by atoms with Gasteiger partial charge in [-0.1, -0.05) is 24.3 Å². The molecule has 6 heteroatoms. The maximum absolute atomic E-state index is 12.1. The van der Waals surface area contributed by atoms with E-state index in [9.17, 15) is 9.59 Å². The molecule has 0 amide bonds. The van der Waals surface area contributed by atoms with E-state index < -0.39 is 0 Å². The first-order valence-corrected chi connectivity index (χ1v) is 8.98. The second kappa shape index (κ2) is 6.88. The second-order valence-electron chi connectivity index (χ2n) is 7.01. The zero-order valence-corrected chi connectivity index (χ0v) is 14.8. The standard InChI is InChI=1S/C20H22N4O2/c1-14-12-24(20(26)22-19(14)25)18-6-8-23(9-7-18)13-17-10-15-4-2-3-5-16(15)11-21-17/h2-5,10-12,18H,6-9,13H2,1H3,(H,22,25,26). The first kappa shape index (κ1) is 16.7. The fourth-order valence-electron chi connectivity index (χ4n) is 3.66. The number of fused-ring (bicyclic) bond motifs is 1. The molecule has 1 fully saturated rings. The van der Waals surface area contributed by atoms with E-state index in [1.165, 1.54) is 5.39 Å². The lowest BCUT2D eigenvalue weighted by Crippen LogP contribution is -2.39. The maximum Gasteiger partial charge on any atom is 0.328 e. The fourth-order valence-corrected chi connectivity index (χ4v) is 3.66. The summed E-state index contributed by atoms with van der Waals surface area (Å²) in [4.78, 5) is 33.0. The highest BCUT2D eigenvalue weighted by Crippen LogP contribution is 2.22. The van der Waals surface area contributed by atoms with Gasteiger partial charge in [-0.2, -0.15) is 0 Å². The Labute approximate surface area is 151 Å². The van der Waals surface area contributed by atoms with Crippen LogP contribution in [0.1, 0.15) is 30.1 Å². The van der Waals surface area contributed by atoms with Gasteiger partial charge in [0.15, 0.2) is 0 Å². The maximum atomic E-state index is 12.1. The number of nitrogens with zero attached hydrogens (tertiary/aromatic N) is 3. The van der Waals surface area contributed by atoms with Gasteiger partial charge in [-0.25, -0.2) is 4.79 Å². The number of likely N-dealkylation sites (tertiary alicyclic amines) is 1. The van der Waals surface area contributed by atoms with Crippen molar-refractivity contribution in [1.29, 1.82) is 0 Å². The molecule has 0 atom stereocenters. The molecule has 26 heavy (non-hydrogen) atoms. The monoisotopic (exact) mass is 350 g/mol. The smallest absolute Gasteiger partial charge is 0.297 e. The molecule has 1 N–H and O–H groups in total. The summed E-state index contributed by atoms with van der Waals surface area (Å²) in [5.74, 6) is 0. The normalized spacial score (nSPS) is 16.2. The topological polar surface area (TPSA) is 71.0 Å². The molecular formula is C20H22N4O2. The molecule has 6 nitrogen and oxygen atoms in total. The van der Waals surface area contributed by atoms with Crippen molar-refractivity contribution in [2.45, 2.75) is 32.4 Å². The Bertz CT molecular complexity index is 1050. The van der Waals surface area contributed by atoms with Crippen LogP contribution < -0.4 is 11.2 Å². The van der Waals surface area contributed by atoms with Crippen LogP contribution >= 0.6 is 0 Å². The molecule has 0 spiro atoms. The number of aromatic nitrogens is 3. The summed E-state index contributed by atoms with van der Waals surface area (Å²) in [6, 6.07) is 10.5. The van der Waals surface area contributed by atoms with Gasteiger partial charge in [-0.15, -0.1) is 0 Å². The largest absolute Gasteiger partial charge is 0.328 e. The third-order valence-corrected chi connectivity index (χ3v) is 5.17. The quantitative estimate of drug-likeness (QED) is 0.786. The summed E-state index contributed by atoms with van der Waals surface area (Å²) < 4.78 is 1.68. The van der Waals surface area contributed by atoms with Gasteiger partial charge in [0.1, 0.15) is 0 Å². The molecule has 0 aliphatic carbocycles. The van der Waals surface area contributed by atoms with Gasteiger partial charge in [-0.05, 0) is 31.2 Å². The van der Waals surface area contributed by atoms with Crippen LogP contribution in [0.25, 0.3) is 10.8 Å². The zero-order valence-electron chi connectivity index (χ0n) is 14.8. The molecule has 0 radical (unpaired) electrons. The molecule has 2 aromatic heterocycles. The highest BCUT2D eigenvalue weighted by atomic mass is 16.2. The number of rotatable bonds is 3. The Hall–Kier alpha value is -2.73. The number of hydrogen-bond acceptors (Lipinski definition) is 4. The minimum atomic E-state index is -0.310. The summed E-state index contributed by atoms with van der Waals surface area (Å²) in [6.45, 7) is 4.36. The summed E-state index contributed by atoms with van der Waals surface area (Å²) in [5, 5.41) is 2.37. The van der Waals surface area contributed by atoms with Crippen molar-refractivity contribution in [2.75, 3.05) is 13.1 Å². The SMILES string of the molecule is Cc1cn(C2CCN(Cc3cc4ccccc4cn3)CC2)c(=O)[nH]c1=O. The summed E-state index contributed by atoms with van der Waals surface area (Å²) in [7, 11) is 0. The van der Waals surface area contributed by atoms with Crippen LogP contribution in [0.15, 0.2) is 52.3 Å². The van der Waals surface area contributed by atoms with Crippen LogP contribution in [0.2, 0.25) is 0 Å². The molecule has 4 rings (SSSR count). The fraction of sp³-hybridized carbons (Fsp3) is 0.350. The molecule has 1 aliphatic heterocycles. The van der Waals surface area contributed by atoms with Gasteiger partial charge in [0.05, 0.1) is 5.69 Å². The Morgan fingerprint density at radius 2 is 1.88 bits per heavy atom. The molecule has 3 heterocycles. The van der Waals surface area contributed by atoms with Gasteiger partial charge >= 0.3 is 5.69 Å². The van der Waals surface area contributed by atoms with Crippen molar-refractivity contribution < 1.29 is 0 Å². The highest BCUT2D eigenvalue weighted by Gasteiger charge is 2.22. The number of hydrogen-bond donors (Lipinski definition) is 1. The number of nitrogens with one attached hydrogen (secondary N) is 1. The average molecular weight is 350 g/mol. The highest BCUT2D eigenvalue weighted by molar-refractivity contribution is 5.81. The van der Waals surface area contributed by atoms with Gasteiger partial charge < -0.3 is 0 Å². The first-order chi connectivity index (χ1) is 12.6.